The highest BCUT2D eigenvalue weighted by atomic mass is 15.3. The number of hydrogen-bond donors (Lipinski definition) is 0. The van der Waals surface area contributed by atoms with Crippen LogP contribution in [0.5, 0.6) is 0 Å². The maximum Gasteiger partial charge on any atom is 0.138 e. The Labute approximate surface area is 172 Å². The number of anilines is 4. The second-order valence-corrected chi connectivity index (χ2v) is 8.10. The predicted molar refractivity (Wildman–Crippen MR) is 119 cm³/mol. The van der Waals surface area contributed by atoms with E-state index in [4.69, 9.17) is 0 Å². The van der Waals surface area contributed by atoms with Gasteiger partial charge in [-0.2, -0.15) is 0 Å². The van der Waals surface area contributed by atoms with E-state index in [-0.39, 0.29) is 0 Å². The molecule has 2 aliphatic heterocycles. The van der Waals surface area contributed by atoms with Crippen molar-refractivity contribution in [3.8, 4) is 0 Å². The van der Waals surface area contributed by atoms with Crippen molar-refractivity contribution in [3.63, 3.8) is 0 Å². The number of hydrogen-bond acceptors (Lipinski definition) is 5. The Morgan fingerprint density at radius 2 is 1.59 bits per heavy atom. The molecule has 5 rings (SSSR count). The fourth-order valence-electron chi connectivity index (χ4n) is 4.57. The molecule has 1 atom stereocenters. The monoisotopic (exact) mass is 385 g/mol. The van der Waals surface area contributed by atoms with Crippen molar-refractivity contribution in [3.05, 3.63) is 72.1 Å². The van der Waals surface area contributed by atoms with Crippen LogP contribution in [0.15, 0.2) is 60.9 Å². The Hall–Kier alpha value is -3.08. The molecule has 0 amide bonds. The molecule has 2 aromatic carbocycles. The number of piperazine rings is 1. The summed E-state index contributed by atoms with van der Waals surface area (Å²) in [6, 6.07) is 20.0. The van der Waals surface area contributed by atoms with Crippen LogP contribution >= 0.6 is 0 Å². The van der Waals surface area contributed by atoms with E-state index < -0.39 is 0 Å². The van der Waals surface area contributed by atoms with E-state index in [1.54, 1.807) is 6.33 Å². The molecule has 0 radical (unpaired) electrons. The molecule has 148 valence electrons. The van der Waals surface area contributed by atoms with Gasteiger partial charge >= 0.3 is 0 Å². The zero-order chi connectivity index (χ0) is 19.8. The predicted octanol–water partition coefficient (Wildman–Crippen LogP) is 4.19. The van der Waals surface area contributed by atoms with Gasteiger partial charge < -0.3 is 14.7 Å². The Morgan fingerprint density at radius 1 is 0.828 bits per heavy atom. The first-order valence-corrected chi connectivity index (χ1v) is 10.4. The Kier molecular flexibility index (Phi) is 4.58. The zero-order valence-electron chi connectivity index (χ0n) is 17.1. The number of nitrogens with zero attached hydrogens (tertiary/aromatic N) is 5. The van der Waals surface area contributed by atoms with Gasteiger partial charge in [-0.1, -0.05) is 30.3 Å². The van der Waals surface area contributed by atoms with Gasteiger partial charge in [-0.25, -0.2) is 9.97 Å². The fourth-order valence-corrected chi connectivity index (χ4v) is 4.57. The maximum absolute atomic E-state index is 4.62. The van der Waals surface area contributed by atoms with Crippen LogP contribution in [0, 0.1) is 6.92 Å². The van der Waals surface area contributed by atoms with Gasteiger partial charge in [-0.3, -0.25) is 0 Å². The van der Waals surface area contributed by atoms with Crippen LogP contribution < -0.4 is 14.7 Å². The molecule has 0 saturated carbocycles. The standard InChI is InChI=1S/C24H27N5/c1-18-6-5-8-21(14-18)27-10-12-28(13-11-27)23-16-24(26-17-25-23)29-19(2)15-20-7-3-4-9-22(20)29/h3-9,14,16-17,19H,10-13,15H2,1-2H3. The lowest BCUT2D eigenvalue weighted by molar-refractivity contribution is 0.646. The summed E-state index contributed by atoms with van der Waals surface area (Å²) < 4.78 is 0. The molecule has 0 N–H and O–H groups in total. The highest BCUT2D eigenvalue weighted by molar-refractivity contribution is 5.70. The van der Waals surface area contributed by atoms with Crippen molar-refractivity contribution in [1.29, 1.82) is 0 Å². The van der Waals surface area contributed by atoms with Crippen LogP contribution in [0.2, 0.25) is 0 Å². The van der Waals surface area contributed by atoms with Crippen LogP contribution in [0.3, 0.4) is 0 Å². The lowest BCUT2D eigenvalue weighted by Gasteiger charge is -2.37. The number of aromatic nitrogens is 2. The molecule has 3 heterocycles. The van der Waals surface area contributed by atoms with Gasteiger partial charge in [0.1, 0.15) is 18.0 Å². The second kappa shape index (κ2) is 7.39. The molecule has 29 heavy (non-hydrogen) atoms. The summed E-state index contributed by atoms with van der Waals surface area (Å²) in [5, 5.41) is 0. The van der Waals surface area contributed by atoms with Gasteiger partial charge in [0.05, 0.1) is 0 Å². The average Bonchev–Trinajstić information content (AvgIpc) is 3.09. The summed E-state index contributed by atoms with van der Waals surface area (Å²) in [4.78, 5) is 16.4. The van der Waals surface area contributed by atoms with Crippen LogP contribution in [0.1, 0.15) is 18.1 Å². The summed E-state index contributed by atoms with van der Waals surface area (Å²) in [5.41, 5.74) is 5.29. The molecule has 5 heteroatoms. The number of rotatable bonds is 3. The van der Waals surface area contributed by atoms with Crippen molar-refractivity contribution < 1.29 is 0 Å². The third kappa shape index (κ3) is 3.41. The van der Waals surface area contributed by atoms with Gasteiger partial charge in [-0.15, -0.1) is 0 Å². The summed E-state index contributed by atoms with van der Waals surface area (Å²) in [6.45, 7) is 8.37. The molecule has 1 fully saturated rings. The van der Waals surface area contributed by atoms with E-state index in [2.05, 4.69) is 93.1 Å². The van der Waals surface area contributed by atoms with E-state index in [0.717, 1.165) is 44.2 Å². The maximum atomic E-state index is 4.62. The lowest BCUT2D eigenvalue weighted by Crippen LogP contribution is -2.47. The minimum absolute atomic E-state index is 0.410. The molecule has 0 spiro atoms. The molecule has 0 bridgehead atoms. The van der Waals surface area contributed by atoms with Gasteiger partial charge in [0, 0.05) is 49.7 Å². The SMILES string of the molecule is Cc1cccc(N2CCN(c3cc(N4c5ccccc5CC4C)ncn3)CC2)c1. The summed E-state index contributed by atoms with van der Waals surface area (Å²) in [5.74, 6) is 2.02. The van der Waals surface area contributed by atoms with Gasteiger partial charge in [-0.05, 0) is 49.6 Å². The third-order valence-corrected chi connectivity index (χ3v) is 6.06. The summed E-state index contributed by atoms with van der Waals surface area (Å²) in [7, 11) is 0. The lowest BCUT2D eigenvalue weighted by atomic mass is 10.1. The molecule has 3 aromatic rings. The molecular formula is C24H27N5. The Bertz CT molecular complexity index is 1010. The molecule has 2 aliphatic rings. The number of benzene rings is 2. The van der Waals surface area contributed by atoms with E-state index in [1.165, 1.54) is 22.5 Å². The second-order valence-electron chi connectivity index (χ2n) is 8.10. The van der Waals surface area contributed by atoms with Crippen LogP contribution in [0.4, 0.5) is 23.0 Å². The first-order valence-electron chi connectivity index (χ1n) is 10.4. The Balaban J connectivity index is 1.34. The average molecular weight is 386 g/mol. The first kappa shape index (κ1) is 18.0. The normalized spacial score (nSPS) is 18.8. The van der Waals surface area contributed by atoms with Crippen LogP contribution in [-0.2, 0) is 6.42 Å². The minimum Gasteiger partial charge on any atom is -0.368 e. The highest BCUT2D eigenvalue weighted by Crippen LogP contribution is 2.37. The van der Waals surface area contributed by atoms with E-state index in [9.17, 15) is 0 Å². The highest BCUT2D eigenvalue weighted by Gasteiger charge is 2.28. The molecular weight excluding hydrogens is 358 g/mol. The van der Waals surface area contributed by atoms with Crippen molar-refractivity contribution in [2.45, 2.75) is 26.3 Å². The molecule has 1 unspecified atom stereocenters. The van der Waals surface area contributed by atoms with Gasteiger partial charge in [0.15, 0.2) is 0 Å². The zero-order valence-corrected chi connectivity index (χ0v) is 17.1. The van der Waals surface area contributed by atoms with Crippen molar-refractivity contribution in [1.82, 2.24) is 9.97 Å². The van der Waals surface area contributed by atoms with Gasteiger partial charge in [0.25, 0.3) is 0 Å². The van der Waals surface area contributed by atoms with E-state index >= 15 is 0 Å². The fraction of sp³-hybridized carbons (Fsp3) is 0.333. The number of para-hydroxylation sites is 1. The van der Waals surface area contributed by atoms with Gasteiger partial charge in [0.2, 0.25) is 0 Å². The van der Waals surface area contributed by atoms with Crippen LogP contribution in [0.25, 0.3) is 0 Å². The summed E-state index contributed by atoms with van der Waals surface area (Å²) >= 11 is 0. The van der Waals surface area contributed by atoms with Crippen LogP contribution in [-0.4, -0.2) is 42.2 Å². The van der Waals surface area contributed by atoms with E-state index in [1.807, 2.05) is 0 Å². The Morgan fingerprint density at radius 3 is 2.41 bits per heavy atom. The number of fused-ring (bicyclic) bond motifs is 1. The smallest absolute Gasteiger partial charge is 0.138 e. The summed E-state index contributed by atoms with van der Waals surface area (Å²) in [6.07, 6.45) is 2.77. The molecule has 1 aromatic heterocycles. The topological polar surface area (TPSA) is 35.5 Å². The van der Waals surface area contributed by atoms with E-state index in [0.29, 0.717) is 6.04 Å². The molecule has 0 aliphatic carbocycles. The quantitative estimate of drug-likeness (QED) is 0.675. The molecule has 5 nitrogen and oxygen atoms in total. The molecule has 1 saturated heterocycles. The first-order chi connectivity index (χ1) is 14.2. The third-order valence-electron chi connectivity index (χ3n) is 6.06. The largest absolute Gasteiger partial charge is 0.368 e. The van der Waals surface area contributed by atoms with Crippen molar-refractivity contribution in [2.75, 3.05) is 40.9 Å². The van der Waals surface area contributed by atoms with Crippen molar-refractivity contribution in [2.24, 2.45) is 0 Å². The minimum atomic E-state index is 0.410. The number of aryl methyl sites for hydroxylation is 1. The van der Waals surface area contributed by atoms with Crippen molar-refractivity contribution >= 4 is 23.0 Å².